The van der Waals surface area contributed by atoms with Gasteiger partial charge in [0.15, 0.2) is 0 Å². The average molecular weight is 287 g/mol. The van der Waals surface area contributed by atoms with Gasteiger partial charge in [0.2, 0.25) is 0 Å². The number of hydrogen-bond acceptors (Lipinski definition) is 3. The third kappa shape index (κ3) is 2.93. The Morgan fingerprint density at radius 2 is 2.05 bits per heavy atom. The Morgan fingerprint density at radius 3 is 2.75 bits per heavy atom. The molecule has 0 fully saturated rings. The molecule has 20 heavy (non-hydrogen) atoms. The second-order valence-corrected chi connectivity index (χ2v) is 5.75. The number of carbonyl (C=O) groups excluding carboxylic acids is 1. The maximum atomic E-state index is 12.3. The van der Waals surface area contributed by atoms with Gasteiger partial charge in [0.1, 0.15) is 5.69 Å². The quantitative estimate of drug-likeness (QED) is 0.847. The Hall–Kier alpha value is -2.01. The molecule has 4 nitrogen and oxygen atoms in total. The Balaban J connectivity index is 2.22. The van der Waals surface area contributed by atoms with E-state index in [1.165, 1.54) is 0 Å². The molecule has 1 amide bonds. The first kappa shape index (κ1) is 14.4. The number of aromatic nitrogens is 1. The molecular formula is C15H17N3OS. The molecule has 0 spiro atoms. The Labute approximate surface area is 123 Å². The third-order valence-corrected chi connectivity index (χ3v) is 3.80. The molecule has 2 rings (SSSR count). The lowest BCUT2D eigenvalue weighted by Crippen LogP contribution is -2.41. The van der Waals surface area contributed by atoms with E-state index in [0.29, 0.717) is 17.2 Å². The zero-order chi connectivity index (χ0) is 14.8. The van der Waals surface area contributed by atoms with E-state index in [2.05, 4.69) is 10.3 Å². The van der Waals surface area contributed by atoms with Gasteiger partial charge in [-0.3, -0.25) is 9.78 Å². The zero-order valence-electron chi connectivity index (χ0n) is 11.5. The molecule has 3 N–H and O–H groups in total. The number of pyridine rings is 1. The van der Waals surface area contributed by atoms with Crippen molar-refractivity contribution >= 4 is 33.9 Å². The van der Waals surface area contributed by atoms with Crippen LogP contribution in [0.2, 0.25) is 0 Å². The van der Waals surface area contributed by atoms with E-state index in [1.807, 2.05) is 44.2 Å². The van der Waals surface area contributed by atoms with Gasteiger partial charge in [0.25, 0.3) is 5.91 Å². The summed E-state index contributed by atoms with van der Waals surface area (Å²) in [5.41, 5.74) is 5.65. The van der Waals surface area contributed by atoms with Gasteiger partial charge < -0.3 is 11.1 Å². The van der Waals surface area contributed by atoms with Gasteiger partial charge in [-0.25, -0.2) is 0 Å². The third-order valence-electron chi connectivity index (χ3n) is 3.25. The molecule has 0 aliphatic heterocycles. The van der Waals surface area contributed by atoms with Crippen LogP contribution in [0.3, 0.4) is 0 Å². The number of benzene rings is 1. The molecule has 1 heterocycles. The summed E-state index contributed by atoms with van der Waals surface area (Å²) in [7, 11) is 0. The van der Waals surface area contributed by atoms with Crippen LogP contribution < -0.4 is 11.1 Å². The lowest BCUT2D eigenvalue weighted by atomic mass is 9.93. The van der Waals surface area contributed by atoms with E-state index in [0.717, 1.165) is 10.8 Å². The summed E-state index contributed by atoms with van der Waals surface area (Å²) >= 11 is 4.99. The lowest BCUT2D eigenvalue weighted by Gasteiger charge is -2.23. The monoisotopic (exact) mass is 287 g/mol. The summed E-state index contributed by atoms with van der Waals surface area (Å²) in [6.07, 6.45) is 1.63. The number of rotatable bonds is 4. The van der Waals surface area contributed by atoms with Gasteiger partial charge in [-0.1, -0.05) is 50.3 Å². The summed E-state index contributed by atoms with van der Waals surface area (Å²) in [6.45, 7) is 4.17. The summed E-state index contributed by atoms with van der Waals surface area (Å²) in [4.78, 5) is 16.8. The lowest BCUT2D eigenvalue weighted by molar-refractivity contribution is 0.0942. The molecule has 0 atom stereocenters. The van der Waals surface area contributed by atoms with Crippen molar-refractivity contribution in [1.82, 2.24) is 10.3 Å². The minimum atomic E-state index is -0.421. The molecular weight excluding hydrogens is 270 g/mol. The molecule has 0 bridgehead atoms. The zero-order valence-corrected chi connectivity index (χ0v) is 12.3. The smallest absolute Gasteiger partial charge is 0.270 e. The first-order chi connectivity index (χ1) is 9.42. The van der Waals surface area contributed by atoms with E-state index in [4.69, 9.17) is 18.0 Å². The highest BCUT2D eigenvalue weighted by atomic mass is 32.1. The number of fused-ring (bicyclic) bond motifs is 1. The van der Waals surface area contributed by atoms with Crippen molar-refractivity contribution in [2.75, 3.05) is 6.54 Å². The highest BCUT2D eigenvalue weighted by molar-refractivity contribution is 7.80. The molecule has 0 saturated heterocycles. The summed E-state index contributed by atoms with van der Waals surface area (Å²) in [5, 5.41) is 4.66. The van der Waals surface area contributed by atoms with E-state index < -0.39 is 5.41 Å². The van der Waals surface area contributed by atoms with Crippen molar-refractivity contribution in [3.63, 3.8) is 0 Å². The van der Waals surface area contributed by atoms with Crippen molar-refractivity contribution in [1.29, 1.82) is 0 Å². The highest BCUT2D eigenvalue weighted by Crippen LogP contribution is 2.17. The van der Waals surface area contributed by atoms with Crippen LogP contribution in [0.25, 0.3) is 10.8 Å². The number of nitrogens with zero attached hydrogens (tertiary/aromatic N) is 1. The van der Waals surface area contributed by atoms with E-state index >= 15 is 0 Å². The van der Waals surface area contributed by atoms with E-state index in [9.17, 15) is 4.79 Å². The minimum absolute atomic E-state index is 0.217. The van der Waals surface area contributed by atoms with Crippen LogP contribution in [0.1, 0.15) is 24.3 Å². The van der Waals surface area contributed by atoms with Gasteiger partial charge in [0.05, 0.1) is 4.99 Å². The van der Waals surface area contributed by atoms with Gasteiger partial charge in [-0.2, -0.15) is 0 Å². The van der Waals surface area contributed by atoms with E-state index in [-0.39, 0.29) is 5.91 Å². The fraction of sp³-hybridized carbons (Fsp3) is 0.267. The molecule has 5 heteroatoms. The molecule has 0 unspecified atom stereocenters. The minimum Gasteiger partial charge on any atom is -0.393 e. The maximum Gasteiger partial charge on any atom is 0.270 e. The average Bonchev–Trinajstić information content (AvgIpc) is 2.44. The SMILES string of the molecule is CC(C)(CNC(=O)c1nccc2ccccc12)C(N)=S. The van der Waals surface area contributed by atoms with Gasteiger partial charge in [0, 0.05) is 23.5 Å². The van der Waals surface area contributed by atoms with Crippen LogP contribution in [0, 0.1) is 5.41 Å². The van der Waals surface area contributed by atoms with Crippen LogP contribution in [0.5, 0.6) is 0 Å². The highest BCUT2D eigenvalue weighted by Gasteiger charge is 2.23. The molecule has 104 valence electrons. The molecule has 0 radical (unpaired) electrons. The topological polar surface area (TPSA) is 68.0 Å². The number of amides is 1. The van der Waals surface area contributed by atoms with Gasteiger partial charge in [-0.15, -0.1) is 0 Å². The van der Waals surface area contributed by atoms with Crippen LogP contribution in [0.4, 0.5) is 0 Å². The number of nitrogens with two attached hydrogens (primary N) is 1. The van der Waals surface area contributed by atoms with Crippen molar-refractivity contribution in [2.24, 2.45) is 11.1 Å². The first-order valence-electron chi connectivity index (χ1n) is 6.34. The van der Waals surface area contributed by atoms with Crippen molar-refractivity contribution < 1.29 is 4.79 Å². The Kier molecular flexibility index (Phi) is 3.99. The Morgan fingerprint density at radius 1 is 1.35 bits per heavy atom. The van der Waals surface area contributed by atoms with Crippen molar-refractivity contribution in [3.05, 3.63) is 42.2 Å². The van der Waals surface area contributed by atoms with Crippen LogP contribution in [0.15, 0.2) is 36.5 Å². The second kappa shape index (κ2) is 5.54. The van der Waals surface area contributed by atoms with Crippen LogP contribution >= 0.6 is 12.2 Å². The molecule has 2 aromatic rings. The predicted molar refractivity (Wildman–Crippen MR) is 84.6 cm³/mol. The summed E-state index contributed by atoms with van der Waals surface area (Å²) in [6, 6.07) is 9.54. The maximum absolute atomic E-state index is 12.3. The van der Waals surface area contributed by atoms with Crippen molar-refractivity contribution in [3.8, 4) is 0 Å². The van der Waals surface area contributed by atoms with Gasteiger partial charge >= 0.3 is 0 Å². The molecule has 0 aliphatic carbocycles. The van der Waals surface area contributed by atoms with E-state index in [1.54, 1.807) is 6.20 Å². The summed E-state index contributed by atoms with van der Waals surface area (Å²) in [5.74, 6) is -0.217. The second-order valence-electron chi connectivity index (χ2n) is 5.31. The number of nitrogens with one attached hydrogen (secondary N) is 1. The van der Waals surface area contributed by atoms with Crippen LogP contribution in [-0.4, -0.2) is 22.4 Å². The van der Waals surface area contributed by atoms with Crippen LogP contribution in [-0.2, 0) is 0 Å². The molecule has 1 aromatic heterocycles. The molecule has 1 aromatic carbocycles. The standard InChI is InChI=1S/C15H17N3OS/c1-15(2,14(16)20)9-18-13(19)12-11-6-4-3-5-10(11)7-8-17-12/h3-8H,9H2,1-2H3,(H2,16,20)(H,18,19). The summed E-state index contributed by atoms with van der Waals surface area (Å²) < 4.78 is 0. The normalized spacial score (nSPS) is 11.3. The fourth-order valence-corrected chi connectivity index (χ4v) is 1.84. The number of thiocarbonyl (C=S) groups is 1. The Bertz CT molecular complexity index is 662. The largest absolute Gasteiger partial charge is 0.393 e. The van der Waals surface area contributed by atoms with Crippen molar-refractivity contribution in [2.45, 2.75) is 13.8 Å². The van der Waals surface area contributed by atoms with Gasteiger partial charge in [-0.05, 0) is 11.5 Å². The predicted octanol–water partition coefficient (Wildman–Crippen LogP) is 2.28. The number of hydrogen-bond donors (Lipinski definition) is 2. The molecule has 0 saturated carbocycles. The fourth-order valence-electron chi connectivity index (χ4n) is 1.77. The molecule has 0 aliphatic rings. The first-order valence-corrected chi connectivity index (χ1v) is 6.74. The number of carbonyl (C=O) groups is 1.